The van der Waals surface area contributed by atoms with E-state index >= 15 is 0 Å². The highest BCUT2D eigenvalue weighted by molar-refractivity contribution is 5.71. The number of likely N-dealkylation sites (N-methyl/N-ethyl adjacent to an activating group) is 1. The molecule has 0 saturated carbocycles. The molecule has 0 aromatic carbocycles. The monoisotopic (exact) mass is 963 g/mol. The normalized spacial score (nSPS) is 13.7. The molecule has 2 unspecified atom stereocenters. The fourth-order valence-corrected chi connectivity index (χ4v) is 6.89. The average Bonchev–Trinajstić information content (AvgIpc) is 3.31. The molecule has 0 fully saturated rings. The van der Waals surface area contributed by atoms with Crippen LogP contribution in [0.3, 0.4) is 0 Å². The summed E-state index contributed by atoms with van der Waals surface area (Å²) in [7, 11) is 5.94. The maximum absolute atomic E-state index is 12.7. The molecule has 0 bridgehead atoms. The van der Waals surface area contributed by atoms with Gasteiger partial charge in [0.25, 0.3) is 6.29 Å². The third-order valence-corrected chi connectivity index (χ3v) is 11.0. The van der Waals surface area contributed by atoms with E-state index in [9.17, 15) is 19.5 Å². The summed E-state index contributed by atoms with van der Waals surface area (Å²) < 4.78 is 22.6. The third-order valence-electron chi connectivity index (χ3n) is 11.0. The molecular formula is C60H100NO8+. The van der Waals surface area contributed by atoms with Crippen molar-refractivity contribution in [3.63, 3.8) is 0 Å². The Bertz CT molecular complexity index is 1490. The molecule has 0 aliphatic carbocycles. The van der Waals surface area contributed by atoms with Crippen molar-refractivity contribution < 1.29 is 42.9 Å². The van der Waals surface area contributed by atoms with Crippen LogP contribution in [0.1, 0.15) is 194 Å². The van der Waals surface area contributed by atoms with Gasteiger partial charge in [0.15, 0.2) is 6.10 Å². The van der Waals surface area contributed by atoms with Crippen LogP contribution < -0.4 is 0 Å². The molecular weight excluding hydrogens is 863 g/mol. The van der Waals surface area contributed by atoms with Gasteiger partial charge in [-0.05, 0) is 83.5 Å². The number of hydrogen-bond acceptors (Lipinski definition) is 7. The maximum Gasteiger partial charge on any atom is 0.361 e. The zero-order chi connectivity index (χ0) is 50.6. The summed E-state index contributed by atoms with van der Waals surface area (Å²) in [4.78, 5) is 36.9. The molecule has 0 spiro atoms. The zero-order valence-corrected chi connectivity index (χ0v) is 44.4. The zero-order valence-electron chi connectivity index (χ0n) is 44.4. The fourth-order valence-electron chi connectivity index (χ4n) is 6.89. The van der Waals surface area contributed by atoms with Gasteiger partial charge in [-0.2, -0.15) is 0 Å². The molecule has 0 aromatic rings. The number of unbranched alkanes of at least 4 members (excludes halogenated alkanes) is 15. The minimum absolute atomic E-state index is 0.183. The lowest BCUT2D eigenvalue weighted by Gasteiger charge is -2.25. The number of aliphatic carboxylic acids is 1. The molecule has 0 amide bonds. The van der Waals surface area contributed by atoms with Crippen LogP contribution in [0, 0.1) is 0 Å². The first-order valence-electron chi connectivity index (χ1n) is 27.1. The van der Waals surface area contributed by atoms with Crippen molar-refractivity contribution >= 4 is 17.9 Å². The van der Waals surface area contributed by atoms with Crippen LogP contribution in [0.2, 0.25) is 0 Å². The lowest BCUT2D eigenvalue weighted by molar-refractivity contribution is -0.870. The number of esters is 2. The van der Waals surface area contributed by atoms with Gasteiger partial charge < -0.3 is 28.5 Å². The molecule has 0 radical (unpaired) electrons. The van der Waals surface area contributed by atoms with Gasteiger partial charge in [0.05, 0.1) is 34.4 Å². The second-order valence-corrected chi connectivity index (χ2v) is 18.8. The van der Waals surface area contributed by atoms with Crippen molar-refractivity contribution in [2.45, 2.75) is 206 Å². The molecule has 1 N–H and O–H groups in total. The first-order chi connectivity index (χ1) is 33.6. The number of carbonyl (C=O) groups excluding carboxylic acids is 2. The Labute approximate surface area is 422 Å². The minimum atomic E-state index is -1.51. The van der Waals surface area contributed by atoms with E-state index < -0.39 is 24.3 Å². The number of nitrogens with zero attached hydrogens (tertiary/aromatic N) is 1. The molecule has 9 nitrogen and oxygen atoms in total. The van der Waals surface area contributed by atoms with E-state index in [2.05, 4.69) is 123 Å². The van der Waals surface area contributed by atoms with Crippen molar-refractivity contribution in [2.24, 2.45) is 0 Å². The Hall–Kier alpha value is -4.05. The van der Waals surface area contributed by atoms with Gasteiger partial charge in [-0.15, -0.1) is 0 Å². The summed E-state index contributed by atoms with van der Waals surface area (Å²) in [6.07, 6.45) is 66.6. The highest BCUT2D eigenvalue weighted by Crippen LogP contribution is 2.14. The van der Waals surface area contributed by atoms with Gasteiger partial charge in [-0.1, -0.05) is 207 Å². The Morgan fingerprint density at radius 2 is 0.826 bits per heavy atom. The van der Waals surface area contributed by atoms with Crippen LogP contribution in [-0.4, -0.2) is 87.4 Å². The van der Waals surface area contributed by atoms with Crippen LogP contribution in [0.5, 0.6) is 0 Å². The van der Waals surface area contributed by atoms with Gasteiger partial charge in [-0.25, -0.2) is 4.79 Å². The lowest BCUT2D eigenvalue weighted by Crippen LogP contribution is -2.40. The largest absolute Gasteiger partial charge is 0.477 e. The van der Waals surface area contributed by atoms with E-state index in [1.165, 1.54) is 44.9 Å². The van der Waals surface area contributed by atoms with Crippen molar-refractivity contribution in [1.29, 1.82) is 0 Å². The highest BCUT2D eigenvalue weighted by Gasteiger charge is 2.25. The predicted molar refractivity (Wildman–Crippen MR) is 290 cm³/mol. The highest BCUT2D eigenvalue weighted by atomic mass is 16.7. The summed E-state index contributed by atoms with van der Waals surface area (Å²) in [5, 5.41) is 9.61. The first-order valence-corrected chi connectivity index (χ1v) is 27.1. The molecule has 0 saturated heterocycles. The first kappa shape index (κ1) is 65.0. The van der Waals surface area contributed by atoms with Crippen molar-refractivity contribution in [1.82, 2.24) is 0 Å². The second kappa shape index (κ2) is 50.3. The van der Waals surface area contributed by atoms with Crippen molar-refractivity contribution in [3.8, 4) is 0 Å². The van der Waals surface area contributed by atoms with Crippen LogP contribution in [0.4, 0.5) is 0 Å². The Kier molecular flexibility index (Phi) is 47.4. The van der Waals surface area contributed by atoms with Crippen LogP contribution in [0.15, 0.2) is 109 Å². The number of allylic oxidation sites excluding steroid dienone is 18. The summed E-state index contributed by atoms with van der Waals surface area (Å²) in [6, 6.07) is 0. The quantitative estimate of drug-likeness (QED) is 0.0211. The molecule has 0 aliphatic rings. The maximum atomic E-state index is 12.7. The molecule has 0 rings (SSSR count). The molecule has 0 aromatic heterocycles. The van der Waals surface area contributed by atoms with Gasteiger partial charge in [0.1, 0.15) is 13.2 Å². The van der Waals surface area contributed by atoms with E-state index in [-0.39, 0.29) is 32.2 Å². The average molecular weight is 963 g/mol. The summed E-state index contributed by atoms with van der Waals surface area (Å²) >= 11 is 0. The molecule has 0 aliphatic heterocycles. The van der Waals surface area contributed by atoms with Crippen LogP contribution in [0.25, 0.3) is 0 Å². The number of ether oxygens (including phenoxy) is 4. The number of carbonyl (C=O) groups is 3. The van der Waals surface area contributed by atoms with Crippen LogP contribution in [-0.2, 0) is 33.3 Å². The number of rotatable bonds is 48. The van der Waals surface area contributed by atoms with E-state index in [1.807, 2.05) is 21.1 Å². The summed E-state index contributed by atoms with van der Waals surface area (Å²) in [5.41, 5.74) is 0. The Morgan fingerprint density at radius 1 is 0.449 bits per heavy atom. The van der Waals surface area contributed by atoms with E-state index in [0.29, 0.717) is 23.9 Å². The minimum Gasteiger partial charge on any atom is -0.477 e. The fraction of sp³-hybridized carbons (Fsp3) is 0.650. The molecule has 0 heterocycles. The Balaban J connectivity index is 3.99. The second-order valence-electron chi connectivity index (χ2n) is 18.8. The summed E-state index contributed by atoms with van der Waals surface area (Å²) in [5.74, 6) is -2.04. The molecule has 9 heteroatoms. The molecule has 69 heavy (non-hydrogen) atoms. The number of hydrogen-bond donors (Lipinski definition) is 1. The van der Waals surface area contributed by atoms with Crippen molar-refractivity contribution in [2.75, 3.05) is 47.5 Å². The standard InChI is InChI=1S/C60H99NO8/c1-6-8-10-12-13-14-15-16-17-18-19-20-21-22-23-24-25-26-27-28-29-30-31-32-33-34-35-36-37-38-39-40-41-42-43-44-45-47-49-51-58(63)69-56(54-67-57(62)50-48-46-11-9-7-2)55-68-60(59(64)65)66-53-52-61(3,4)5/h8,10,13-14,16-17,19-20,22-23,25-26,28-29,31-32,34-35,56,60H,6-7,9,11-12,15,18,21,24,27,30,33,36-55H2,1-5H3/p+1/b10-8-,14-13-,17-16-,20-19-,23-22-,26-25-,29-28-,32-31-,35-34-. The Morgan fingerprint density at radius 3 is 1.23 bits per heavy atom. The van der Waals surface area contributed by atoms with Gasteiger partial charge >= 0.3 is 17.9 Å². The topological polar surface area (TPSA) is 108 Å². The number of carboxylic acid groups (broad SMARTS) is 1. The predicted octanol–water partition coefficient (Wildman–Crippen LogP) is 15.6. The van der Waals surface area contributed by atoms with Crippen LogP contribution >= 0.6 is 0 Å². The smallest absolute Gasteiger partial charge is 0.361 e. The lowest BCUT2D eigenvalue weighted by atomic mass is 10.0. The van der Waals surface area contributed by atoms with Crippen molar-refractivity contribution in [3.05, 3.63) is 109 Å². The van der Waals surface area contributed by atoms with Gasteiger partial charge in [-0.3, -0.25) is 9.59 Å². The third kappa shape index (κ3) is 51.6. The SMILES string of the molecule is CC/C=C\C/C=C\C/C=C\C/C=C\C/C=C\C/C=C\C/C=C\C/C=C\C/C=C\CCCCCCCCCCCCCC(=O)OC(COC(=O)CCCCCCC)COC(OCC[N+](C)(C)C)C(=O)O. The van der Waals surface area contributed by atoms with Gasteiger partial charge in [0.2, 0.25) is 0 Å². The van der Waals surface area contributed by atoms with E-state index in [4.69, 9.17) is 18.9 Å². The molecule has 392 valence electrons. The van der Waals surface area contributed by atoms with Gasteiger partial charge in [0, 0.05) is 12.8 Å². The molecule has 2 atom stereocenters. The number of carboxylic acids is 1. The number of quaternary nitrogens is 1. The summed E-state index contributed by atoms with van der Waals surface area (Å²) in [6.45, 7) is 4.64. The van der Waals surface area contributed by atoms with E-state index in [1.54, 1.807) is 0 Å². The van der Waals surface area contributed by atoms with E-state index in [0.717, 1.165) is 116 Å².